The van der Waals surface area contributed by atoms with Crippen molar-refractivity contribution in [3.63, 3.8) is 0 Å². The monoisotopic (exact) mass is 506 g/mol. The molecule has 0 saturated carbocycles. The highest BCUT2D eigenvalue weighted by Gasteiger charge is 2.28. The molecule has 1 atom stereocenters. The van der Waals surface area contributed by atoms with Crippen LogP contribution < -0.4 is 14.4 Å². The van der Waals surface area contributed by atoms with Crippen molar-refractivity contribution in [2.24, 2.45) is 0 Å². The van der Waals surface area contributed by atoms with E-state index in [0.29, 0.717) is 15.8 Å². The molecule has 0 saturated heterocycles. The molecule has 33 heavy (non-hydrogen) atoms. The van der Waals surface area contributed by atoms with Gasteiger partial charge >= 0.3 is 0 Å². The van der Waals surface area contributed by atoms with E-state index in [1.54, 1.807) is 25.1 Å². The van der Waals surface area contributed by atoms with Crippen molar-refractivity contribution in [1.82, 2.24) is 5.32 Å². The van der Waals surface area contributed by atoms with Crippen LogP contribution in [0.25, 0.3) is 0 Å². The Bertz CT molecular complexity index is 1200. The van der Waals surface area contributed by atoms with Crippen molar-refractivity contribution in [3.8, 4) is 5.75 Å². The number of nitrogens with one attached hydrogen (secondary N) is 1. The summed E-state index contributed by atoms with van der Waals surface area (Å²) in [6.45, 7) is 3.57. The van der Waals surface area contributed by atoms with Gasteiger partial charge in [0.15, 0.2) is 0 Å². The molecule has 0 spiro atoms. The lowest BCUT2D eigenvalue weighted by atomic mass is 10.2. The van der Waals surface area contributed by atoms with Crippen LogP contribution in [0, 0.1) is 6.92 Å². The zero-order chi connectivity index (χ0) is 24.0. The maximum atomic E-state index is 13.3. The standard InChI is InChI=1S/C24H24Cl2N2O4S/c1-17-6-10-22(11-7-17)32-16-18(2)27-24(29)15-28(21-5-3-4-20(26)14-21)33(30,31)23-12-8-19(25)9-13-23/h3-14,18H,15-16H2,1-2H3,(H,27,29). The fourth-order valence-electron chi connectivity index (χ4n) is 3.03. The summed E-state index contributed by atoms with van der Waals surface area (Å²) < 4.78 is 33.4. The van der Waals surface area contributed by atoms with Gasteiger partial charge in [-0.05, 0) is 68.4 Å². The first-order chi connectivity index (χ1) is 15.6. The average Bonchev–Trinajstić information content (AvgIpc) is 2.77. The first kappa shape index (κ1) is 24.9. The molecule has 0 bridgehead atoms. The predicted octanol–water partition coefficient (Wildman–Crippen LogP) is 5.08. The highest BCUT2D eigenvalue weighted by Crippen LogP contribution is 2.26. The number of ether oxygens (including phenoxy) is 1. The summed E-state index contributed by atoms with van der Waals surface area (Å²) in [7, 11) is -4.05. The molecular weight excluding hydrogens is 483 g/mol. The van der Waals surface area contributed by atoms with Crippen LogP contribution >= 0.6 is 23.2 Å². The number of nitrogens with zero attached hydrogens (tertiary/aromatic N) is 1. The molecule has 9 heteroatoms. The van der Waals surface area contributed by atoms with Crippen LogP contribution in [0.3, 0.4) is 0 Å². The third kappa shape index (κ3) is 6.87. The largest absolute Gasteiger partial charge is 0.491 e. The van der Waals surface area contributed by atoms with Gasteiger partial charge in [-0.25, -0.2) is 8.42 Å². The third-order valence-electron chi connectivity index (χ3n) is 4.71. The van der Waals surface area contributed by atoms with E-state index in [-0.39, 0.29) is 23.2 Å². The molecule has 3 aromatic rings. The van der Waals surface area contributed by atoms with Gasteiger partial charge < -0.3 is 10.1 Å². The maximum Gasteiger partial charge on any atom is 0.264 e. The number of carbonyl (C=O) groups excluding carboxylic acids is 1. The van der Waals surface area contributed by atoms with Gasteiger partial charge in [-0.15, -0.1) is 0 Å². The van der Waals surface area contributed by atoms with Gasteiger partial charge in [0.2, 0.25) is 5.91 Å². The Labute approximate surface area is 204 Å². The lowest BCUT2D eigenvalue weighted by Crippen LogP contribution is -2.45. The number of sulfonamides is 1. The maximum absolute atomic E-state index is 13.3. The average molecular weight is 507 g/mol. The van der Waals surface area contributed by atoms with Gasteiger partial charge in [0.1, 0.15) is 18.9 Å². The number of hydrogen-bond acceptors (Lipinski definition) is 4. The van der Waals surface area contributed by atoms with Crippen LogP contribution in [0.4, 0.5) is 5.69 Å². The van der Waals surface area contributed by atoms with E-state index in [1.165, 1.54) is 30.3 Å². The molecule has 0 aliphatic rings. The number of benzene rings is 3. The molecule has 1 unspecified atom stereocenters. The Balaban J connectivity index is 1.74. The zero-order valence-corrected chi connectivity index (χ0v) is 20.5. The number of halogens is 2. The molecule has 1 amide bonds. The molecule has 0 aromatic heterocycles. The molecule has 1 N–H and O–H groups in total. The highest BCUT2D eigenvalue weighted by molar-refractivity contribution is 7.92. The quantitative estimate of drug-likeness (QED) is 0.438. The number of amides is 1. The number of anilines is 1. The second-order valence-electron chi connectivity index (χ2n) is 7.54. The second-order valence-corrected chi connectivity index (χ2v) is 10.3. The number of aryl methyl sites for hydroxylation is 1. The summed E-state index contributed by atoms with van der Waals surface area (Å²) in [6, 6.07) is 19.3. The summed E-state index contributed by atoms with van der Waals surface area (Å²) in [5, 5.41) is 3.54. The van der Waals surface area contributed by atoms with Crippen LogP contribution in [0.1, 0.15) is 12.5 Å². The Morgan fingerprint density at radius 2 is 1.67 bits per heavy atom. The third-order valence-corrected chi connectivity index (χ3v) is 6.99. The van der Waals surface area contributed by atoms with E-state index in [0.717, 1.165) is 9.87 Å². The van der Waals surface area contributed by atoms with Gasteiger partial charge in [-0.3, -0.25) is 9.10 Å². The minimum atomic E-state index is -4.05. The normalized spacial score (nSPS) is 12.1. The van der Waals surface area contributed by atoms with Crippen LogP contribution in [-0.2, 0) is 14.8 Å². The van der Waals surface area contributed by atoms with E-state index in [9.17, 15) is 13.2 Å². The minimum absolute atomic E-state index is 0.00966. The SMILES string of the molecule is Cc1ccc(OCC(C)NC(=O)CN(c2cccc(Cl)c2)S(=O)(=O)c2ccc(Cl)cc2)cc1. The zero-order valence-electron chi connectivity index (χ0n) is 18.2. The predicted molar refractivity (Wildman–Crippen MR) is 132 cm³/mol. The summed E-state index contributed by atoms with van der Waals surface area (Å²) in [6.07, 6.45) is 0. The van der Waals surface area contributed by atoms with E-state index in [2.05, 4.69) is 5.32 Å². The molecular formula is C24H24Cl2N2O4S. The van der Waals surface area contributed by atoms with Gasteiger partial charge in [0, 0.05) is 10.0 Å². The van der Waals surface area contributed by atoms with Gasteiger partial charge in [0.05, 0.1) is 16.6 Å². The fraction of sp³-hybridized carbons (Fsp3) is 0.208. The number of hydrogen-bond donors (Lipinski definition) is 1. The van der Waals surface area contributed by atoms with Gasteiger partial charge in [-0.1, -0.05) is 47.0 Å². The first-order valence-electron chi connectivity index (χ1n) is 10.2. The Kier molecular flexibility index (Phi) is 8.24. The molecule has 0 fully saturated rings. The van der Waals surface area contributed by atoms with Crippen molar-refractivity contribution in [3.05, 3.63) is 88.4 Å². The second kappa shape index (κ2) is 10.9. The summed E-state index contributed by atoms with van der Waals surface area (Å²) in [5.41, 5.74) is 1.39. The number of carbonyl (C=O) groups is 1. The van der Waals surface area contributed by atoms with Gasteiger partial charge in [-0.2, -0.15) is 0 Å². The lowest BCUT2D eigenvalue weighted by molar-refractivity contribution is -0.120. The smallest absolute Gasteiger partial charge is 0.264 e. The van der Waals surface area contributed by atoms with E-state index in [4.69, 9.17) is 27.9 Å². The highest BCUT2D eigenvalue weighted by atomic mass is 35.5. The fourth-order valence-corrected chi connectivity index (χ4v) is 4.75. The van der Waals surface area contributed by atoms with Crippen molar-refractivity contribution in [2.75, 3.05) is 17.5 Å². The Hall–Kier alpha value is -2.74. The van der Waals surface area contributed by atoms with E-state index < -0.39 is 22.5 Å². The van der Waals surface area contributed by atoms with Crippen molar-refractivity contribution >= 4 is 44.8 Å². The van der Waals surface area contributed by atoms with Crippen LogP contribution in [0.2, 0.25) is 10.0 Å². The Morgan fingerprint density at radius 3 is 2.30 bits per heavy atom. The van der Waals surface area contributed by atoms with Crippen molar-refractivity contribution in [1.29, 1.82) is 0 Å². The van der Waals surface area contributed by atoms with Crippen LogP contribution in [-0.4, -0.2) is 33.5 Å². The molecule has 0 aliphatic carbocycles. The molecule has 0 aliphatic heterocycles. The van der Waals surface area contributed by atoms with E-state index in [1.807, 2.05) is 31.2 Å². The topological polar surface area (TPSA) is 75.7 Å². The van der Waals surface area contributed by atoms with Crippen LogP contribution in [0.5, 0.6) is 5.75 Å². The number of rotatable bonds is 9. The molecule has 174 valence electrons. The van der Waals surface area contributed by atoms with Crippen molar-refractivity contribution in [2.45, 2.75) is 24.8 Å². The summed E-state index contributed by atoms with van der Waals surface area (Å²) >= 11 is 12.0. The summed E-state index contributed by atoms with van der Waals surface area (Å²) in [5.74, 6) is 0.208. The Morgan fingerprint density at radius 1 is 1.00 bits per heavy atom. The van der Waals surface area contributed by atoms with Crippen molar-refractivity contribution < 1.29 is 17.9 Å². The molecule has 6 nitrogen and oxygen atoms in total. The van der Waals surface area contributed by atoms with Crippen LogP contribution in [0.15, 0.2) is 77.7 Å². The first-order valence-corrected chi connectivity index (χ1v) is 12.4. The molecule has 3 rings (SSSR count). The minimum Gasteiger partial charge on any atom is -0.491 e. The van der Waals surface area contributed by atoms with Gasteiger partial charge in [0.25, 0.3) is 10.0 Å². The molecule has 0 radical (unpaired) electrons. The lowest BCUT2D eigenvalue weighted by Gasteiger charge is -2.25. The molecule has 0 heterocycles. The summed E-state index contributed by atoms with van der Waals surface area (Å²) in [4.78, 5) is 12.8. The molecule has 3 aromatic carbocycles. The van der Waals surface area contributed by atoms with E-state index >= 15 is 0 Å².